The third-order valence-electron chi connectivity index (χ3n) is 2.47. The minimum Gasteiger partial charge on any atom is -0.486 e. The molecule has 1 aromatic carbocycles. The Labute approximate surface area is 91.3 Å². The first-order valence-electron chi connectivity index (χ1n) is 5.36. The van der Waals surface area contributed by atoms with Gasteiger partial charge in [0.15, 0.2) is 5.78 Å². The van der Waals surface area contributed by atoms with Gasteiger partial charge in [-0.3, -0.25) is 4.79 Å². The van der Waals surface area contributed by atoms with Gasteiger partial charge in [0, 0.05) is 6.42 Å². The predicted octanol–water partition coefficient (Wildman–Crippen LogP) is 3.05. The molecule has 0 aliphatic rings. The van der Waals surface area contributed by atoms with E-state index in [4.69, 9.17) is 4.74 Å². The minimum atomic E-state index is 0.165. The summed E-state index contributed by atoms with van der Waals surface area (Å²) in [6, 6.07) is 5.89. The van der Waals surface area contributed by atoms with E-state index in [0.717, 1.165) is 17.7 Å². The highest BCUT2D eigenvalue weighted by atomic mass is 16.5. The average molecular weight is 206 g/mol. The Balaban J connectivity index is 2.58. The molecule has 0 aliphatic heterocycles. The van der Waals surface area contributed by atoms with Crippen molar-refractivity contribution in [3.63, 3.8) is 0 Å². The van der Waals surface area contributed by atoms with Crippen LogP contribution < -0.4 is 4.74 Å². The van der Waals surface area contributed by atoms with Crippen molar-refractivity contribution < 1.29 is 9.53 Å². The third kappa shape index (κ3) is 3.39. The molecule has 0 heterocycles. The smallest absolute Gasteiger partial charge is 0.170 e. The number of ether oxygens (including phenoxy) is 1. The molecule has 0 saturated carbocycles. The number of rotatable bonds is 5. The van der Waals surface area contributed by atoms with Crippen molar-refractivity contribution in [1.82, 2.24) is 0 Å². The van der Waals surface area contributed by atoms with E-state index < -0.39 is 0 Å². The van der Waals surface area contributed by atoms with Gasteiger partial charge in [0.1, 0.15) is 12.4 Å². The predicted molar refractivity (Wildman–Crippen MR) is 61.3 cm³/mol. The fraction of sp³-hybridized carbons (Fsp3) is 0.462. The fourth-order valence-corrected chi connectivity index (χ4v) is 1.39. The zero-order valence-corrected chi connectivity index (χ0v) is 9.67. The van der Waals surface area contributed by atoms with E-state index in [1.165, 1.54) is 5.56 Å². The zero-order chi connectivity index (χ0) is 11.3. The van der Waals surface area contributed by atoms with Crippen LogP contribution in [0.25, 0.3) is 0 Å². The molecule has 1 rings (SSSR count). The van der Waals surface area contributed by atoms with Gasteiger partial charge in [0.2, 0.25) is 0 Å². The summed E-state index contributed by atoms with van der Waals surface area (Å²) in [5.41, 5.74) is 2.30. The Bertz CT molecular complexity index is 342. The Morgan fingerprint density at radius 3 is 2.73 bits per heavy atom. The highest BCUT2D eigenvalue weighted by molar-refractivity contribution is 5.79. The van der Waals surface area contributed by atoms with Crippen molar-refractivity contribution >= 4 is 5.78 Å². The maximum absolute atomic E-state index is 11.3. The number of Topliss-reactive ketones (excluding diaryl/α,β-unsaturated/α-hetero) is 1. The van der Waals surface area contributed by atoms with Gasteiger partial charge in [-0.2, -0.15) is 0 Å². The first-order chi connectivity index (χ1) is 7.15. The van der Waals surface area contributed by atoms with Crippen LogP contribution in [0.1, 0.15) is 30.9 Å². The van der Waals surface area contributed by atoms with Crippen LogP contribution in [-0.4, -0.2) is 12.4 Å². The first-order valence-corrected chi connectivity index (χ1v) is 5.36. The van der Waals surface area contributed by atoms with Crippen molar-refractivity contribution in [1.29, 1.82) is 0 Å². The topological polar surface area (TPSA) is 26.3 Å². The van der Waals surface area contributed by atoms with Gasteiger partial charge < -0.3 is 4.74 Å². The van der Waals surface area contributed by atoms with Crippen molar-refractivity contribution in [3.05, 3.63) is 29.3 Å². The summed E-state index contributed by atoms with van der Waals surface area (Å²) >= 11 is 0. The third-order valence-corrected chi connectivity index (χ3v) is 2.47. The quantitative estimate of drug-likeness (QED) is 0.740. The van der Waals surface area contributed by atoms with Crippen LogP contribution in [0.4, 0.5) is 0 Å². The molecule has 82 valence electrons. The lowest BCUT2D eigenvalue weighted by molar-refractivity contribution is -0.121. The monoisotopic (exact) mass is 206 g/mol. The van der Waals surface area contributed by atoms with Gasteiger partial charge >= 0.3 is 0 Å². The molecule has 0 atom stereocenters. The highest BCUT2D eigenvalue weighted by Gasteiger charge is 2.04. The number of carbonyl (C=O) groups is 1. The summed E-state index contributed by atoms with van der Waals surface area (Å²) < 4.78 is 5.48. The maximum atomic E-state index is 11.3. The maximum Gasteiger partial charge on any atom is 0.170 e. The lowest BCUT2D eigenvalue weighted by Gasteiger charge is -2.09. The number of benzene rings is 1. The first kappa shape index (κ1) is 11.8. The van der Waals surface area contributed by atoms with Crippen molar-refractivity contribution in [2.24, 2.45) is 0 Å². The molecule has 0 saturated heterocycles. The molecular weight excluding hydrogens is 188 g/mol. The van der Waals surface area contributed by atoms with E-state index in [-0.39, 0.29) is 12.4 Å². The summed E-state index contributed by atoms with van der Waals surface area (Å²) in [5.74, 6) is 0.984. The van der Waals surface area contributed by atoms with E-state index in [1.807, 2.05) is 39.0 Å². The standard InChI is InChI=1S/C13H18O2/c1-4-6-12(14)9-15-13-8-5-7-10(2)11(13)3/h5,7-8H,4,6,9H2,1-3H3. The van der Waals surface area contributed by atoms with Crippen LogP contribution >= 0.6 is 0 Å². The second-order valence-electron chi connectivity index (χ2n) is 3.78. The largest absolute Gasteiger partial charge is 0.486 e. The second kappa shape index (κ2) is 5.54. The van der Waals surface area contributed by atoms with E-state index >= 15 is 0 Å². The molecule has 0 amide bonds. The van der Waals surface area contributed by atoms with Gasteiger partial charge in [-0.25, -0.2) is 0 Å². The Hall–Kier alpha value is -1.31. The molecule has 15 heavy (non-hydrogen) atoms. The number of hydrogen-bond donors (Lipinski definition) is 0. The fourth-order valence-electron chi connectivity index (χ4n) is 1.39. The van der Waals surface area contributed by atoms with Crippen LogP contribution in [0.3, 0.4) is 0 Å². The van der Waals surface area contributed by atoms with Crippen LogP contribution in [0.15, 0.2) is 18.2 Å². The molecule has 0 bridgehead atoms. The van der Waals surface area contributed by atoms with Gasteiger partial charge in [0.25, 0.3) is 0 Å². The van der Waals surface area contributed by atoms with E-state index in [2.05, 4.69) is 0 Å². The normalized spacial score (nSPS) is 10.1. The van der Waals surface area contributed by atoms with E-state index in [1.54, 1.807) is 0 Å². The van der Waals surface area contributed by atoms with Crippen molar-refractivity contribution in [3.8, 4) is 5.75 Å². The Morgan fingerprint density at radius 1 is 1.33 bits per heavy atom. The number of aryl methyl sites for hydroxylation is 1. The highest BCUT2D eigenvalue weighted by Crippen LogP contribution is 2.20. The number of hydrogen-bond acceptors (Lipinski definition) is 2. The van der Waals surface area contributed by atoms with E-state index in [0.29, 0.717) is 6.42 Å². The molecule has 0 unspecified atom stereocenters. The molecular formula is C13H18O2. The Morgan fingerprint density at radius 2 is 2.07 bits per heavy atom. The number of ketones is 1. The van der Waals surface area contributed by atoms with Gasteiger partial charge in [0.05, 0.1) is 0 Å². The van der Waals surface area contributed by atoms with E-state index in [9.17, 15) is 4.79 Å². The molecule has 0 spiro atoms. The molecule has 0 aliphatic carbocycles. The van der Waals surface area contributed by atoms with Crippen LogP contribution in [-0.2, 0) is 4.79 Å². The lowest BCUT2D eigenvalue weighted by atomic mass is 10.1. The summed E-state index contributed by atoms with van der Waals surface area (Å²) in [5, 5.41) is 0. The Kier molecular flexibility index (Phi) is 4.35. The lowest BCUT2D eigenvalue weighted by Crippen LogP contribution is -2.11. The van der Waals surface area contributed by atoms with Gasteiger partial charge in [-0.05, 0) is 37.5 Å². The summed E-state index contributed by atoms with van der Waals surface area (Å²) in [7, 11) is 0. The zero-order valence-electron chi connectivity index (χ0n) is 9.67. The molecule has 0 aromatic heterocycles. The average Bonchev–Trinajstić information content (AvgIpc) is 2.21. The molecule has 0 N–H and O–H groups in total. The summed E-state index contributed by atoms with van der Waals surface area (Å²) in [6.45, 7) is 6.24. The van der Waals surface area contributed by atoms with Crippen LogP contribution in [0.5, 0.6) is 5.75 Å². The summed E-state index contributed by atoms with van der Waals surface area (Å²) in [6.07, 6.45) is 1.49. The minimum absolute atomic E-state index is 0.165. The van der Waals surface area contributed by atoms with Crippen LogP contribution in [0, 0.1) is 13.8 Å². The van der Waals surface area contributed by atoms with Crippen molar-refractivity contribution in [2.75, 3.05) is 6.61 Å². The molecule has 0 radical (unpaired) electrons. The molecule has 2 nitrogen and oxygen atoms in total. The number of carbonyl (C=O) groups excluding carboxylic acids is 1. The van der Waals surface area contributed by atoms with Gasteiger partial charge in [-0.1, -0.05) is 19.1 Å². The molecule has 0 fully saturated rings. The van der Waals surface area contributed by atoms with Crippen LogP contribution in [0.2, 0.25) is 0 Å². The SMILES string of the molecule is CCCC(=O)COc1cccc(C)c1C. The second-order valence-corrected chi connectivity index (χ2v) is 3.78. The molecule has 1 aromatic rings. The summed E-state index contributed by atoms with van der Waals surface area (Å²) in [4.78, 5) is 11.3. The van der Waals surface area contributed by atoms with Crippen molar-refractivity contribution in [2.45, 2.75) is 33.6 Å². The molecule has 2 heteroatoms. The van der Waals surface area contributed by atoms with Gasteiger partial charge in [-0.15, -0.1) is 0 Å².